The highest BCUT2D eigenvalue weighted by Gasteiger charge is 2.38. The van der Waals surface area contributed by atoms with Gasteiger partial charge in [-0.3, -0.25) is 0 Å². The Hall–Kier alpha value is -3.72. The number of carboxylic acid groups (broad SMARTS) is 1. The lowest BCUT2D eigenvalue weighted by molar-refractivity contribution is 0.0696. The fourth-order valence-corrected chi connectivity index (χ4v) is 3.34. The van der Waals surface area contributed by atoms with E-state index < -0.39 is 12.1 Å². The fourth-order valence-electron chi connectivity index (χ4n) is 3.34. The maximum absolute atomic E-state index is 12.4. The molecule has 1 aromatic heterocycles. The molecule has 0 bridgehead atoms. The molecule has 0 aliphatic carbocycles. The van der Waals surface area contributed by atoms with Gasteiger partial charge < -0.3 is 25.0 Å². The van der Waals surface area contributed by atoms with Crippen LogP contribution in [0.2, 0.25) is 0 Å². The minimum atomic E-state index is -1.04. The third kappa shape index (κ3) is 4.15. The van der Waals surface area contributed by atoms with Crippen molar-refractivity contribution in [2.75, 3.05) is 13.1 Å². The van der Waals surface area contributed by atoms with E-state index >= 15 is 0 Å². The van der Waals surface area contributed by atoms with Crippen molar-refractivity contribution in [3.63, 3.8) is 0 Å². The maximum Gasteiger partial charge on any atom is 0.410 e. The normalized spacial score (nSPS) is 18.4. The molecular weight excluding hydrogens is 388 g/mol. The van der Waals surface area contributed by atoms with E-state index in [9.17, 15) is 9.59 Å². The van der Waals surface area contributed by atoms with Crippen LogP contribution in [-0.2, 0) is 11.3 Å². The average Bonchev–Trinajstić information content (AvgIpc) is 3.39. The summed E-state index contributed by atoms with van der Waals surface area (Å²) in [5.41, 5.74) is 7.75. The fraction of sp³-hybridized carbons (Fsp3) is 0.238. The molecule has 2 aromatic carbocycles. The topological polar surface area (TPSA) is 132 Å². The molecule has 2 atom stereocenters. The summed E-state index contributed by atoms with van der Waals surface area (Å²) in [6, 6.07) is 15.3. The van der Waals surface area contributed by atoms with Gasteiger partial charge in [0.2, 0.25) is 11.7 Å². The Kier molecular flexibility index (Phi) is 5.44. The van der Waals surface area contributed by atoms with Crippen LogP contribution in [0.4, 0.5) is 4.79 Å². The molecule has 9 nitrogen and oxygen atoms in total. The van der Waals surface area contributed by atoms with Crippen molar-refractivity contribution in [2.45, 2.75) is 18.6 Å². The van der Waals surface area contributed by atoms with Crippen molar-refractivity contribution in [2.24, 2.45) is 5.73 Å². The molecule has 3 aromatic rings. The van der Waals surface area contributed by atoms with Gasteiger partial charge in [-0.2, -0.15) is 4.98 Å². The monoisotopic (exact) mass is 408 g/mol. The number of amides is 1. The second-order valence-electron chi connectivity index (χ2n) is 7.06. The van der Waals surface area contributed by atoms with E-state index in [0.29, 0.717) is 24.5 Å². The summed E-state index contributed by atoms with van der Waals surface area (Å²) in [5, 5.41) is 13.1. The molecule has 3 N–H and O–H groups in total. The molecule has 1 aliphatic heterocycles. The van der Waals surface area contributed by atoms with Crippen molar-refractivity contribution < 1.29 is 24.0 Å². The molecule has 1 aliphatic rings. The van der Waals surface area contributed by atoms with Gasteiger partial charge in [0, 0.05) is 24.7 Å². The van der Waals surface area contributed by atoms with Gasteiger partial charge in [0.15, 0.2) is 0 Å². The number of carboxylic acids is 1. The van der Waals surface area contributed by atoms with Gasteiger partial charge in [-0.25, -0.2) is 9.59 Å². The van der Waals surface area contributed by atoms with Crippen molar-refractivity contribution in [3.05, 3.63) is 71.6 Å². The zero-order chi connectivity index (χ0) is 21.1. The van der Waals surface area contributed by atoms with Crippen LogP contribution in [0.15, 0.2) is 59.1 Å². The lowest BCUT2D eigenvalue weighted by atomic mass is 10.1. The smallest absolute Gasteiger partial charge is 0.410 e. The third-order valence-electron chi connectivity index (χ3n) is 4.96. The number of carbonyl (C=O) groups excluding carboxylic acids is 1. The van der Waals surface area contributed by atoms with Crippen LogP contribution in [0.5, 0.6) is 0 Å². The highest BCUT2D eigenvalue weighted by molar-refractivity contribution is 5.89. The third-order valence-corrected chi connectivity index (χ3v) is 4.96. The van der Waals surface area contributed by atoms with Crippen molar-refractivity contribution in [3.8, 4) is 11.4 Å². The zero-order valence-corrected chi connectivity index (χ0v) is 16.0. The average molecular weight is 408 g/mol. The molecule has 30 heavy (non-hydrogen) atoms. The van der Waals surface area contributed by atoms with E-state index in [1.807, 2.05) is 30.3 Å². The highest BCUT2D eigenvalue weighted by Crippen LogP contribution is 2.28. The van der Waals surface area contributed by atoms with E-state index in [0.717, 1.165) is 5.56 Å². The number of ether oxygens (including phenoxy) is 1. The van der Waals surface area contributed by atoms with Gasteiger partial charge in [0.25, 0.3) is 0 Å². The first kappa shape index (κ1) is 19.6. The number of likely N-dealkylation sites (tertiary alicyclic amines) is 1. The minimum Gasteiger partial charge on any atom is -0.478 e. The number of carbonyl (C=O) groups is 2. The van der Waals surface area contributed by atoms with E-state index in [1.165, 1.54) is 17.0 Å². The van der Waals surface area contributed by atoms with Crippen LogP contribution in [0, 0.1) is 0 Å². The lowest BCUT2D eigenvalue weighted by Crippen LogP contribution is -2.32. The Bertz CT molecular complexity index is 1050. The molecule has 9 heteroatoms. The Morgan fingerprint density at radius 3 is 2.73 bits per heavy atom. The molecule has 2 heterocycles. The standard InChI is InChI=1S/C21H20N4O5/c22-17-11-25(21(28)29-12-13-5-2-1-3-6-13)10-16(17)19-23-18(24-30-19)14-7-4-8-15(9-14)20(26)27/h1-9,16-17H,10-12,22H2,(H,26,27)/t16-,17-/m0/s1. The first-order valence-corrected chi connectivity index (χ1v) is 9.40. The molecule has 0 saturated carbocycles. The maximum atomic E-state index is 12.4. The van der Waals surface area contributed by atoms with Crippen LogP contribution >= 0.6 is 0 Å². The largest absolute Gasteiger partial charge is 0.478 e. The van der Waals surface area contributed by atoms with Gasteiger partial charge >= 0.3 is 12.1 Å². The van der Waals surface area contributed by atoms with Crippen molar-refractivity contribution >= 4 is 12.1 Å². The van der Waals surface area contributed by atoms with Gasteiger partial charge in [-0.15, -0.1) is 0 Å². The summed E-state index contributed by atoms with van der Waals surface area (Å²) < 4.78 is 10.7. The van der Waals surface area contributed by atoms with Crippen LogP contribution in [0.1, 0.15) is 27.7 Å². The quantitative estimate of drug-likeness (QED) is 0.658. The summed E-state index contributed by atoms with van der Waals surface area (Å²) in [4.78, 5) is 29.4. The number of hydrogen-bond donors (Lipinski definition) is 2. The second kappa shape index (κ2) is 8.34. The van der Waals surface area contributed by atoms with E-state index in [-0.39, 0.29) is 30.0 Å². The van der Waals surface area contributed by atoms with E-state index in [4.69, 9.17) is 20.1 Å². The summed E-state index contributed by atoms with van der Waals surface area (Å²) in [5.74, 6) is -0.803. The summed E-state index contributed by atoms with van der Waals surface area (Å²) >= 11 is 0. The van der Waals surface area contributed by atoms with Gasteiger partial charge in [0.05, 0.1) is 11.5 Å². The minimum absolute atomic E-state index is 0.128. The van der Waals surface area contributed by atoms with Crippen molar-refractivity contribution in [1.29, 1.82) is 0 Å². The molecule has 0 unspecified atom stereocenters. The summed E-state index contributed by atoms with van der Waals surface area (Å²) in [6.07, 6.45) is -0.453. The molecule has 0 radical (unpaired) electrons. The molecule has 1 saturated heterocycles. The first-order chi connectivity index (χ1) is 14.5. The second-order valence-corrected chi connectivity index (χ2v) is 7.06. The van der Waals surface area contributed by atoms with Crippen LogP contribution in [0.25, 0.3) is 11.4 Å². The Labute approximate surface area is 172 Å². The van der Waals surface area contributed by atoms with Crippen molar-refractivity contribution in [1.82, 2.24) is 15.0 Å². The molecule has 0 spiro atoms. The predicted octanol–water partition coefficient (Wildman–Crippen LogP) is 2.50. The number of nitrogens with zero attached hydrogens (tertiary/aromatic N) is 3. The summed E-state index contributed by atoms with van der Waals surface area (Å²) in [6.45, 7) is 0.788. The Morgan fingerprint density at radius 2 is 1.97 bits per heavy atom. The van der Waals surface area contributed by atoms with Crippen LogP contribution in [-0.4, -0.2) is 51.3 Å². The Balaban J connectivity index is 1.42. The number of aromatic carboxylic acids is 1. The Morgan fingerprint density at radius 1 is 1.17 bits per heavy atom. The highest BCUT2D eigenvalue weighted by atomic mass is 16.6. The van der Waals surface area contributed by atoms with E-state index in [1.54, 1.807) is 12.1 Å². The van der Waals surface area contributed by atoms with Gasteiger partial charge in [-0.05, 0) is 17.7 Å². The number of rotatable bonds is 5. The van der Waals surface area contributed by atoms with Gasteiger partial charge in [0.1, 0.15) is 6.61 Å². The molecule has 1 amide bonds. The molecule has 1 fully saturated rings. The number of benzene rings is 2. The SMILES string of the molecule is N[C@H]1CN(C(=O)OCc2ccccc2)C[C@@H]1c1nc(-c2cccc(C(=O)O)c2)no1. The zero-order valence-electron chi connectivity index (χ0n) is 16.0. The van der Waals surface area contributed by atoms with Crippen LogP contribution < -0.4 is 5.73 Å². The lowest BCUT2D eigenvalue weighted by Gasteiger charge is -2.15. The first-order valence-electron chi connectivity index (χ1n) is 9.40. The number of nitrogens with two attached hydrogens (primary N) is 1. The van der Waals surface area contributed by atoms with Gasteiger partial charge in [-0.1, -0.05) is 47.6 Å². The number of aromatic nitrogens is 2. The number of hydrogen-bond acceptors (Lipinski definition) is 7. The molecule has 154 valence electrons. The summed E-state index contributed by atoms with van der Waals surface area (Å²) in [7, 11) is 0. The van der Waals surface area contributed by atoms with Crippen LogP contribution in [0.3, 0.4) is 0 Å². The predicted molar refractivity (Wildman–Crippen MR) is 106 cm³/mol. The molecular formula is C21H20N4O5. The van der Waals surface area contributed by atoms with E-state index in [2.05, 4.69) is 10.1 Å². The molecule has 4 rings (SSSR count).